The molecule has 1 fully saturated rings. The first-order chi connectivity index (χ1) is 9.79. The maximum Gasteiger partial charge on any atom is 0.305 e. The monoisotopic (exact) mass is 312 g/mol. The number of anilines is 1. The number of sulfonamides is 1. The molecule has 0 spiro atoms. The Kier molecular flexibility index (Phi) is 4.53. The van der Waals surface area contributed by atoms with E-state index in [2.05, 4.69) is 0 Å². The average Bonchev–Trinajstić information content (AvgIpc) is 2.36. The van der Waals surface area contributed by atoms with Crippen LogP contribution >= 0.6 is 0 Å². The van der Waals surface area contributed by atoms with Gasteiger partial charge in [-0.2, -0.15) is 4.31 Å². The molecule has 7 heteroatoms. The molecule has 1 aromatic carbocycles. The second kappa shape index (κ2) is 6.03. The molecule has 1 heterocycles. The second-order valence-electron chi connectivity index (χ2n) is 5.43. The molecule has 1 saturated heterocycles. The van der Waals surface area contributed by atoms with Gasteiger partial charge in [-0.15, -0.1) is 0 Å². The lowest BCUT2D eigenvalue weighted by Crippen LogP contribution is -2.59. The SMILES string of the molecule is C[C@@H]1CN(c2ccccc2)C[C@@H](CC(=O)O)N1S(C)(=O)=O. The van der Waals surface area contributed by atoms with Crippen LogP contribution in [-0.4, -0.2) is 55.2 Å². The predicted molar refractivity (Wildman–Crippen MR) is 80.8 cm³/mol. The largest absolute Gasteiger partial charge is 0.481 e. The van der Waals surface area contributed by atoms with Crippen molar-refractivity contribution in [2.24, 2.45) is 0 Å². The molecule has 1 aliphatic rings. The van der Waals surface area contributed by atoms with Crippen LogP contribution in [0.25, 0.3) is 0 Å². The van der Waals surface area contributed by atoms with Crippen LogP contribution in [0.5, 0.6) is 0 Å². The van der Waals surface area contributed by atoms with Crippen LogP contribution in [0, 0.1) is 0 Å². The summed E-state index contributed by atoms with van der Waals surface area (Å²) in [4.78, 5) is 13.1. The van der Waals surface area contributed by atoms with Crippen molar-refractivity contribution in [2.45, 2.75) is 25.4 Å². The highest BCUT2D eigenvalue weighted by Gasteiger charge is 2.38. The number of aliphatic carboxylic acids is 1. The van der Waals surface area contributed by atoms with Gasteiger partial charge in [0.1, 0.15) is 0 Å². The van der Waals surface area contributed by atoms with Crippen LogP contribution in [-0.2, 0) is 14.8 Å². The molecule has 116 valence electrons. The standard InChI is InChI=1S/C14H20N2O4S/c1-11-9-15(12-6-4-3-5-7-12)10-13(8-14(17)18)16(11)21(2,19)20/h3-7,11,13H,8-10H2,1-2H3,(H,17,18)/t11-,13-/m1/s1. The molecular weight excluding hydrogens is 292 g/mol. The summed E-state index contributed by atoms with van der Waals surface area (Å²) in [6.45, 7) is 2.74. The van der Waals surface area contributed by atoms with E-state index in [1.165, 1.54) is 4.31 Å². The molecule has 0 saturated carbocycles. The highest BCUT2D eigenvalue weighted by atomic mass is 32.2. The van der Waals surface area contributed by atoms with E-state index in [-0.39, 0.29) is 12.5 Å². The van der Waals surface area contributed by atoms with E-state index in [1.54, 1.807) is 0 Å². The third kappa shape index (κ3) is 3.74. The van der Waals surface area contributed by atoms with Crippen molar-refractivity contribution >= 4 is 21.7 Å². The van der Waals surface area contributed by atoms with Crippen LogP contribution in [0.2, 0.25) is 0 Å². The molecule has 0 aromatic heterocycles. The van der Waals surface area contributed by atoms with Crippen LogP contribution in [0.4, 0.5) is 5.69 Å². The fourth-order valence-electron chi connectivity index (χ4n) is 2.97. The molecule has 1 aliphatic heterocycles. The van der Waals surface area contributed by atoms with E-state index in [9.17, 15) is 13.2 Å². The lowest BCUT2D eigenvalue weighted by molar-refractivity contribution is -0.138. The number of piperazine rings is 1. The Hall–Kier alpha value is -1.60. The van der Waals surface area contributed by atoms with Crippen LogP contribution in [0.15, 0.2) is 30.3 Å². The van der Waals surface area contributed by atoms with Crippen molar-refractivity contribution < 1.29 is 18.3 Å². The van der Waals surface area contributed by atoms with Gasteiger partial charge in [-0.1, -0.05) is 18.2 Å². The van der Waals surface area contributed by atoms with Gasteiger partial charge in [0, 0.05) is 24.8 Å². The number of hydrogen-bond donors (Lipinski definition) is 1. The summed E-state index contributed by atoms with van der Waals surface area (Å²) in [6.07, 6.45) is 0.942. The summed E-state index contributed by atoms with van der Waals surface area (Å²) in [7, 11) is -3.43. The fourth-order valence-corrected chi connectivity index (χ4v) is 4.38. The van der Waals surface area contributed by atoms with Gasteiger partial charge < -0.3 is 10.0 Å². The first kappa shape index (κ1) is 15.8. The molecule has 6 nitrogen and oxygen atoms in total. The summed E-state index contributed by atoms with van der Waals surface area (Å²) >= 11 is 0. The molecule has 1 aromatic rings. The first-order valence-corrected chi connectivity index (χ1v) is 8.64. The number of rotatable bonds is 4. The molecule has 0 amide bonds. The third-order valence-corrected chi connectivity index (χ3v) is 5.05. The Bertz CT molecular complexity index is 603. The van der Waals surface area contributed by atoms with Gasteiger partial charge in [-0.25, -0.2) is 8.42 Å². The van der Waals surface area contributed by atoms with Crippen molar-refractivity contribution in [1.29, 1.82) is 0 Å². The molecule has 2 atom stereocenters. The number of nitrogens with zero attached hydrogens (tertiary/aromatic N) is 2. The van der Waals surface area contributed by atoms with E-state index in [4.69, 9.17) is 5.11 Å². The van der Waals surface area contributed by atoms with Crippen LogP contribution < -0.4 is 4.90 Å². The van der Waals surface area contributed by atoms with E-state index >= 15 is 0 Å². The van der Waals surface area contributed by atoms with Crippen molar-refractivity contribution in [3.63, 3.8) is 0 Å². The Morgan fingerprint density at radius 1 is 1.29 bits per heavy atom. The first-order valence-electron chi connectivity index (χ1n) is 6.79. The fraction of sp³-hybridized carbons (Fsp3) is 0.500. The smallest absolute Gasteiger partial charge is 0.305 e. The zero-order chi connectivity index (χ0) is 15.6. The van der Waals surface area contributed by atoms with Crippen LogP contribution in [0.1, 0.15) is 13.3 Å². The molecule has 0 bridgehead atoms. The van der Waals surface area contributed by atoms with E-state index in [0.29, 0.717) is 13.1 Å². The Balaban J connectivity index is 2.28. The summed E-state index contributed by atoms with van der Waals surface area (Å²) in [5.41, 5.74) is 0.980. The molecular formula is C14H20N2O4S. The minimum Gasteiger partial charge on any atom is -0.481 e. The topological polar surface area (TPSA) is 77.9 Å². The summed E-state index contributed by atoms with van der Waals surface area (Å²) in [5.74, 6) is -0.990. The maximum atomic E-state index is 11.9. The van der Waals surface area contributed by atoms with Gasteiger partial charge in [0.05, 0.1) is 18.7 Å². The number of hydrogen-bond acceptors (Lipinski definition) is 4. The molecule has 21 heavy (non-hydrogen) atoms. The normalized spacial score (nSPS) is 24.0. The highest BCUT2D eigenvalue weighted by Crippen LogP contribution is 2.25. The van der Waals surface area contributed by atoms with Gasteiger partial charge in [0.25, 0.3) is 0 Å². The Labute approximate surface area is 125 Å². The van der Waals surface area contributed by atoms with Crippen molar-refractivity contribution in [3.05, 3.63) is 30.3 Å². The predicted octanol–water partition coefficient (Wildman–Crippen LogP) is 1.00. The second-order valence-corrected chi connectivity index (χ2v) is 7.32. The lowest BCUT2D eigenvalue weighted by atomic mass is 10.1. The summed E-state index contributed by atoms with van der Waals surface area (Å²) < 4.78 is 25.2. The number of carbonyl (C=O) groups is 1. The Morgan fingerprint density at radius 3 is 2.43 bits per heavy atom. The molecule has 1 N–H and O–H groups in total. The zero-order valence-corrected chi connectivity index (χ0v) is 13.0. The minimum atomic E-state index is -3.43. The molecule has 0 radical (unpaired) electrons. The number of carboxylic acid groups (broad SMARTS) is 1. The average molecular weight is 312 g/mol. The zero-order valence-electron chi connectivity index (χ0n) is 12.1. The van der Waals surface area contributed by atoms with Crippen molar-refractivity contribution in [2.75, 3.05) is 24.2 Å². The molecule has 0 aliphatic carbocycles. The third-order valence-electron chi connectivity index (χ3n) is 3.62. The van der Waals surface area contributed by atoms with E-state index in [1.807, 2.05) is 42.2 Å². The van der Waals surface area contributed by atoms with Gasteiger partial charge in [-0.05, 0) is 19.1 Å². The van der Waals surface area contributed by atoms with Gasteiger partial charge in [0.2, 0.25) is 10.0 Å². The van der Waals surface area contributed by atoms with Gasteiger partial charge in [-0.3, -0.25) is 4.79 Å². The maximum absolute atomic E-state index is 11.9. The van der Waals surface area contributed by atoms with E-state index < -0.39 is 22.0 Å². The lowest BCUT2D eigenvalue weighted by Gasteiger charge is -2.44. The van der Waals surface area contributed by atoms with Crippen LogP contribution in [0.3, 0.4) is 0 Å². The summed E-state index contributed by atoms with van der Waals surface area (Å²) in [6, 6.07) is 8.81. The number of para-hydroxylation sites is 1. The van der Waals surface area contributed by atoms with Gasteiger partial charge >= 0.3 is 5.97 Å². The van der Waals surface area contributed by atoms with Crippen molar-refractivity contribution in [3.8, 4) is 0 Å². The number of carboxylic acids is 1. The summed E-state index contributed by atoms with van der Waals surface area (Å²) in [5, 5.41) is 9.05. The number of benzene rings is 1. The quantitative estimate of drug-likeness (QED) is 0.897. The Morgan fingerprint density at radius 2 is 1.90 bits per heavy atom. The van der Waals surface area contributed by atoms with E-state index in [0.717, 1.165) is 11.9 Å². The van der Waals surface area contributed by atoms with Crippen molar-refractivity contribution in [1.82, 2.24) is 4.31 Å². The molecule has 0 unspecified atom stereocenters. The van der Waals surface area contributed by atoms with Gasteiger partial charge in [0.15, 0.2) is 0 Å². The highest BCUT2D eigenvalue weighted by molar-refractivity contribution is 7.88. The molecule has 2 rings (SSSR count). The minimum absolute atomic E-state index is 0.194.